The number of aromatic nitrogens is 1. The highest BCUT2D eigenvalue weighted by molar-refractivity contribution is 5.48. The monoisotopic (exact) mass is 489 g/mol. The third-order valence-corrected chi connectivity index (χ3v) is 8.33. The van der Waals surface area contributed by atoms with Gasteiger partial charge in [0.25, 0.3) is 0 Å². The zero-order chi connectivity index (χ0) is 24.2. The van der Waals surface area contributed by atoms with Crippen molar-refractivity contribution in [1.29, 1.82) is 0 Å². The van der Waals surface area contributed by atoms with E-state index in [1.807, 2.05) is 0 Å². The van der Waals surface area contributed by atoms with Gasteiger partial charge in [-0.1, -0.05) is 12.1 Å². The van der Waals surface area contributed by atoms with Gasteiger partial charge in [0.15, 0.2) is 11.9 Å². The minimum atomic E-state index is -4.40. The maximum absolute atomic E-state index is 13.2. The molecule has 8 heteroatoms. The Labute approximate surface area is 202 Å². The van der Waals surface area contributed by atoms with Gasteiger partial charge in [-0.2, -0.15) is 17.9 Å². The van der Waals surface area contributed by atoms with Crippen LogP contribution in [0.2, 0.25) is 0 Å². The summed E-state index contributed by atoms with van der Waals surface area (Å²) in [5, 5.41) is 13.0. The molecule has 2 aromatic rings. The number of halogens is 3. The van der Waals surface area contributed by atoms with Crippen molar-refractivity contribution in [2.24, 2.45) is 5.92 Å². The van der Waals surface area contributed by atoms with Crippen molar-refractivity contribution in [1.82, 2.24) is 0 Å². The lowest BCUT2D eigenvalue weighted by Crippen LogP contribution is -2.44. The molecule has 35 heavy (non-hydrogen) atoms. The molecule has 2 saturated heterocycles. The SMILES string of the molecule is [O-][n+]1cc2c(c3c1CCCC3)C1(CCOC(C3CCOCC3)C1)OC2c1ccc(C(F)(F)F)cc1. The van der Waals surface area contributed by atoms with Gasteiger partial charge in [-0.25, -0.2) is 0 Å². The summed E-state index contributed by atoms with van der Waals surface area (Å²) >= 11 is 0. The summed E-state index contributed by atoms with van der Waals surface area (Å²) in [6, 6.07) is 5.17. The Morgan fingerprint density at radius 1 is 1.00 bits per heavy atom. The molecule has 0 bridgehead atoms. The molecule has 1 aromatic heterocycles. The van der Waals surface area contributed by atoms with Crippen LogP contribution in [0, 0.1) is 11.1 Å². The fourth-order valence-corrected chi connectivity index (χ4v) is 6.61. The minimum Gasteiger partial charge on any atom is -0.618 e. The van der Waals surface area contributed by atoms with Crippen LogP contribution >= 0.6 is 0 Å². The number of nitrogens with zero attached hydrogens (tertiary/aromatic N) is 1. The highest BCUT2D eigenvalue weighted by Crippen LogP contribution is 2.55. The van der Waals surface area contributed by atoms with Crippen molar-refractivity contribution in [2.75, 3.05) is 19.8 Å². The van der Waals surface area contributed by atoms with Crippen molar-refractivity contribution in [3.63, 3.8) is 0 Å². The average molecular weight is 490 g/mol. The van der Waals surface area contributed by atoms with E-state index in [9.17, 15) is 18.4 Å². The maximum Gasteiger partial charge on any atom is 0.416 e. The quantitative estimate of drug-likeness (QED) is 0.433. The van der Waals surface area contributed by atoms with Crippen LogP contribution in [0.1, 0.15) is 78.1 Å². The van der Waals surface area contributed by atoms with E-state index in [1.54, 1.807) is 6.20 Å². The Bertz CT molecular complexity index is 1100. The van der Waals surface area contributed by atoms with Gasteiger partial charge in [0, 0.05) is 43.6 Å². The van der Waals surface area contributed by atoms with Crippen molar-refractivity contribution < 1.29 is 32.1 Å². The minimum absolute atomic E-state index is 0.0330. The van der Waals surface area contributed by atoms with Crippen LogP contribution in [0.25, 0.3) is 0 Å². The van der Waals surface area contributed by atoms with E-state index >= 15 is 0 Å². The fourth-order valence-electron chi connectivity index (χ4n) is 6.61. The Morgan fingerprint density at radius 2 is 1.74 bits per heavy atom. The molecule has 4 heterocycles. The second-order valence-corrected chi connectivity index (χ2v) is 10.3. The zero-order valence-corrected chi connectivity index (χ0v) is 19.6. The smallest absolute Gasteiger partial charge is 0.416 e. The number of benzene rings is 1. The van der Waals surface area contributed by atoms with E-state index in [4.69, 9.17) is 14.2 Å². The number of hydrogen-bond acceptors (Lipinski definition) is 4. The molecular formula is C27H30F3NO4. The largest absolute Gasteiger partial charge is 0.618 e. The fraction of sp³-hybridized carbons (Fsp3) is 0.593. The molecule has 6 rings (SSSR count). The second kappa shape index (κ2) is 8.75. The van der Waals surface area contributed by atoms with E-state index in [2.05, 4.69) is 0 Å². The Balaban J connectivity index is 1.43. The highest BCUT2D eigenvalue weighted by Gasteiger charge is 2.53. The van der Waals surface area contributed by atoms with Gasteiger partial charge in [-0.15, -0.1) is 0 Å². The summed E-state index contributed by atoms with van der Waals surface area (Å²) in [5.74, 6) is 0.391. The summed E-state index contributed by atoms with van der Waals surface area (Å²) in [6.45, 7) is 2.02. The molecular weight excluding hydrogens is 459 g/mol. The van der Waals surface area contributed by atoms with Gasteiger partial charge < -0.3 is 19.4 Å². The molecule has 0 radical (unpaired) electrons. The number of hydrogen-bond donors (Lipinski definition) is 0. The molecule has 1 aromatic carbocycles. The molecule has 0 saturated carbocycles. The molecule has 2 fully saturated rings. The number of pyridine rings is 1. The predicted molar refractivity (Wildman–Crippen MR) is 121 cm³/mol. The Kier molecular flexibility index (Phi) is 5.81. The lowest BCUT2D eigenvalue weighted by molar-refractivity contribution is -0.615. The molecule has 3 unspecified atom stereocenters. The molecule has 188 valence electrons. The van der Waals surface area contributed by atoms with E-state index in [-0.39, 0.29) is 6.10 Å². The first kappa shape index (κ1) is 23.3. The van der Waals surface area contributed by atoms with Crippen LogP contribution in [0.3, 0.4) is 0 Å². The van der Waals surface area contributed by atoms with Crippen molar-refractivity contribution in [2.45, 2.75) is 75.4 Å². The van der Waals surface area contributed by atoms with Crippen LogP contribution in [-0.4, -0.2) is 25.9 Å². The van der Waals surface area contributed by atoms with E-state index in [0.29, 0.717) is 30.9 Å². The van der Waals surface area contributed by atoms with Crippen LogP contribution in [0.5, 0.6) is 0 Å². The van der Waals surface area contributed by atoms with Gasteiger partial charge in [-0.05, 0) is 55.7 Å². The van der Waals surface area contributed by atoms with E-state index in [0.717, 1.165) is 91.0 Å². The summed E-state index contributed by atoms with van der Waals surface area (Å²) in [6.07, 6.45) is 3.51. The summed E-state index contributed by atoms with van der Waals surface area (Å²) < 4.78 is 59.2. The molecule has 1 spiro atoms. The number of alkyl halides is 3. The molecule has 0 amide bonds. The first-order valence-corrected chi connectivity index (χ1v) is 12.7. The third kappa shape index (κ3) is 4.03. The lowest BCUT2D eigenvalue weighted by Gasteiger charge is -2.43. The van der Waals surface area contributed by atoms with Crippen LogP contribution in [0.15, 0.2) is 30.5 Å². The topological polar surface area (TPSA) is 54.6 Å². The third-order valence-electron chi connectivity index (χ3n) is 8.33. The molecule has 5 nitrogen and oxygen atoms in total. The zero-order valence-electron chi connectivity index (χ0n) is 19.6. The number of fused-ring (bicyclic) bond motifs is 4. The first-order chi connectivity index (χ1) is 16.9. The van der Waals surface area contributed by atoms with E-state index < -0.39 is 23.4 Å². The Morgan fingerprint density at radius 3 is 2.49 bits per heavy atom. The molecule has 3 atom stereocenters. The predicted octanol–water partition coefficient (Wildman–Crippen LogP) is 5.14. The van der Waals surface area contributed by atoms with Crippen LogP contribution in [-0.2, 0) is 38.8 Å². The normalized spacial score (nSPS) is 29.2. The molecule has 3 aliphatic heterocycles. The highest BCUT2D eigenvalue weighted by atomic mass is 19.4. The number of rotatable bonds is 2. The first-order valence-electron chi connectivity index (χ1n) is 12.7. The molecule has 0 N–H and O–H groups in total. The van der Waals surface area contributed by atoms with Crippen molar-refractivity contribution in [3.8, 4) is 0 Å². The van der Waals surface area contributed by atoms with Crippen LogP contribution < -0.4 is 4.73 Å². The van der Waals surface area contributed by atoms with Gasteiger partial charge in [0.05, 0.1) is 23.8 Å². The molecule has 4 aliphatic rings. The van der Waals surface area contributed by atoms with E-state index in [1.165, 1.54) is 12.1 Å². The number of ether oxygens (including phenoxy) is 3. The standard InChI is InChI=1S/C27H30F3NO4/c28-27(29,30)19-7-5-18(6-8-19)25-21-16-31(32)22-4-2-1-3-20(22)24(21)26(35-25)11-14-34-23(15-26)17-9-12-33-13-10-17/h5-8,16-17,23,25H,1-4,9-15H2. The second-order valence-electron chi connectivity index (χ2n) is 10.3. The van der Waals surface area contributed by atoms with Gasteiger partial charge in [0.2, 0.25) is 0 Å². The van der Waals surface area contributed by atoms with Crippen LogP contribution in [0.4, 0.5) is 13.2 Å². The molecule has 1 aliphatic carbocycles. The van der Waals surface area contributed by atoms with Gasteiger partial charge in [-0.3, -0.25) is 0 Å². The lowest BCUT2D eigenvalue weighted by atomic mass is 9.75. The summed E-state index contributed by atoms with van der Waals surface area (Å²) in [4.78, 5) is 0. The maximum atomic E-state index is 13.2. The van der Waals surface area contributed by atoms with Crippen molar-refractivity contribution in [3.05, 3.63) is 69.2 Å². The summed E-state index contributed by atoms with van der Waals surface area (Å²) in [5.41, 5.74) is 3.16. The van der Waals surface area contributed by atoms with Gasteiger partial charge >= 0.3 is 6.18 Å². The Hall–Kier alpha value is -2.16. The average Bonchev–Trinajstić information content (AvgIpc) is 3.17. The summed E-state index contributed by atoms with van der Waals surface area (Å²) in [7, 11) is 0. The van der Waals surface area contributed by atoms with Crippen molar-refractivity contribution >= 4 is 0 Å². The van der Waals surface area contributed by atoms with Gasteiger partial charge in [0.1, 0.15) is 11.7 Å².